The van der Waals surface area contributed by atoms with Crippen LogP contribution in [0.1, 0.15) is 23.6 Å². The monoisotopic (exact) mass is 438 g/mol. The fourth-order valence-corrected chi connectivity index (χ4v) is 5.65. The van der Waals surface area contributed by atoms with Gasteiger partial charge in [0.1, 0.15) is 4.21 Å². The molecule has 0 spiro atoms. The van der Waals surface area contributed by atoms with Crippen molar-refractivity contribution in [3.63, 3.8) is 0 Å². The van der Waals surface area contributed by atoms with E-state index in [0.29, 0.717) is 27.2 Å². The van der Waals surface area contributed by atoms with E-state index in [-0.39, 0.29) is 16.8 Å². The first kappa shape index (κ1) is 18.9. The average molecular weight is 440 g/mol. The summed E-state index contributed by atoms with van der Waals surface area (Å²) >= 11 is 18.9. The molecule has 1 heterocycles. The molecule has 1 aromatic carbocycles. The minimum Gasteiger partial charge on any atom is -0.348 e. The second-order valence-corrected chi connectivity index (χ2v) is 9.97. The number of nitrogens with one attached hydrogen (secondary N) is 2. The molecule has 0 bridgehead atoms. The van der Waals surface area contributed by atoms with Gasteiger partial charge >= 0.3 is 0 Å². The molecule has 2 N–H and O–H groups in total. The van der Waals surface area contributed by atoms with Crippen molar-refractivity contribution in [1.82, 2.24) is 10.0 Å². The Morgan fingerprint density at radius 3 is 2.64 bits per heavy atom. The summed E-state index contributed by atoms with van der Waals surface area (Å²) in [7, 11) is -3.76. The molecule has 0 saturated heterocycles. The van der Waals surface area contributed by atoms with Crippen LogP contribution in [0.25, 0.3) is 0 Å². The van der Waals surface area contributed by atoms with Crippen LogP contribution in [0.3, 0.4) is 0 Å². The van der Waals surface area contributed by atoms with Gasteiger partial charge in [0.05, 0.1) is 27.0 Å². The van der Waals surface area contributed by atoms with Crippen LogP contribution >= 0.6 is 46.1 Å². The van der Waals surface area contributed by atoms with Crippen LogP contribution in [0, 0.1) is 0 Å². The number of sulfonamides is 1. The fourth-order valence-electron chi connectivity index (χ4n) is 2.70. The summed E-state index contributed by atoms with van der Waals surface area (Å²) in [6, 6.07) is 6.20. The van der Waals surface area contributed by atoms with Crippen molar-refractivity contribution in [3.8, 4) is 0 Å². The van der Waals surface area contributed by atoms with Gasteiger partial charge in [0.25, 0.3) is 10.0 Å². The number of hydrogen-bond acceptors (Lipinski definition) is 4. The molecule has 25 heavy (non-hydrogen) atoms. The number of halogens is 3. The standard InChI is InChI=1S/C15H13Cl3N2O3S2/c16-10-3-1-8-9(15(10)18)2-4-11(8)20-13(21)7-19-25(22,23)14-6-5-12(17)24-14/h1,3,5-6,11,19H,2,4,7H2,(H,20,21). The van der Waals surface area contributed by atoms with Crippen molar-refractivity contribution in [2.75, 3.05) is 6.54 Å². The fraction of sp³-hybridized carbons (Fsp3) is 0.267. The minimum atomic E-state index is -3.76. The quantitative estimate of drug-likeness (QED) is 0.744. The van der Waals surface area contributed by atoms with Crippen LogP contribution in [0.4, 0.5) is 0 Å². The third-order valence-electron chi connectivity index (χ3n) is 3.86. The Morgan fingerprint density at radius 1 is 1.20 bits per heavy atom. The molecule has 134 valence electrons. The summed E-state index contributed by atoms with van der Waals surface area (Å²) in [4.78, 5) is 12.1. The van der Waals surface area contributed by atoms with Gasteiger partial charge in [0.2, 0.25) is 5.91 Å². The maximum atomic E-state index is 12.1. The molecule has 0 fully saturated rings. The molecular formula is C15H13Cl3N2O3S2. The summed E-state index contributed by atoms with van der Waals surface area (Å²) in [5.74, 6) is -0.421. The van der Waals surface area contributed by atoms with Gasteiger partial charge in [-0.3, -0.25) is 4.79 Å². The van der Waals surface area contributed by atoms with Crippen LogP contribution in [-0.2, 0) is 21.2 Å². The molecular weight excluding hydrogens is 427 g/mol. The summed E-state index contributed by atoms with van der Waals surface area (Å²) < 4.78 is 26.9. The third-order valence-corrected chi connectivity index (χ3v) is 7.83. The Balaban J connectivity index is 1.62. The first-order valence-corrected chi connectivity index (χ1v) is 10.7. The van der Waals surface area contributed by atoms with Gasteiger partial charge in [-0.25, -0.2) is 13.1 Å². The Bertz CT molecular complexity index is 928. The van der Waals surface area contributed by atoms with Gasteiger partial charge in [-0.1, -0.05) is 40.9 Å². The summed E-state index contributed by atoms with van der Waals surface area (Å²) in [6.45, 7) is -0.356. The first-order chi connectivity index (χ1) is 11.8. The number of hydrogen-bond donors (Lipinski definition) is 2. The van der Waals surface area contributed by atoms with Gasteiger partial charge in [-0.15, -0.1) is 11.3 Å². The Hall–Kier alpha value is -0.830. The summed E-state index contributed by atoms with van der Waals surface area (Å²) in [5, 5.41) is 3.81. The van der Waals surface area contributed by atoms with E-state index >= 15 is 0 Å². The van der Waals surface area contributed by atoms with E-state index in [1.54, 1.807) is 6.07 Å². The predicted molar refractivity (Wildman–Crippen MR) is 100 cm³/mol. The van der Waals surface area contributed by atoms with Crippen molar-refractivity contribution in [3.05, 3.63) is 49.8 Å². The lowest BCUT2D eigenvalue weighted by Gasteiger charge is -2.15. The average Bonchev–Trinajstić information content (AvgIpc) is 3.17. The number of fused-ring (bicyclic) bond motifs is 1. The van der Waals surface area contributed by atoms with Crippen LogP contribution in [-0.4, -0.2) is 20.9 Å². The van der Waals surface area contributed by atoms with Crippen molar-refractivity contribution < 1.29 is 13.2 Å². The van der Waals surface area contributed by atoms with Crippen LogP contribution in [0.2, 0.25) is 14.4 Å². The lowest BCUT2D eigenvalue weighted by molar-refractivity contribution is -0.120. The molecule has 5 nitrogen and oxygen atoms in total. The van der Waals surface area contributed by atoms with Gasteiger partial charge < -0.3 is 5.32 Å². The molecule has 1 aliphatic rings. The Labute approximate surface area is 164 Å². The second kappa shape index (κ2) is 7.42. The number of carbonyl (C=O) groups is 1. The minimum absolute atomic E-state index is 0.0675. The topological polar surface area (TPSA) is 75.3 Å². The zero-order valence-electron chi connectivity index (χ0n) is 12.7. The molecule has 1 unspecified atom stereocenters. The summed E-state index contributed by atoms with van der Waals surface area (Å²) in [5.41, 5.74) is 1.84. The Morgan fingerprint density at radius 2 is 1.96 bits per heavy atom. The molecule has 1 aromatic heterocycles. The van der Waals surface area contributed by atoms with E-state index in [4.69, 9.17) is 34.8 Å². The first-order valence-electron chi connectivity index (χ1n) is 7.29. The van der Waals surface area contributed by atoms with Crippen molar-refractivity contribution in [2.24, 2.45) is 0 Å². The van der Waals surface area contributed by atoms with Gasteiger partial charge in [0, 0.05) is 0 Å². The maximum absolute atomic E-state index is 12.1. The van der Waals surface area contributed by atoms with Crippen LogP contribution < -0.4 is 10.0 Å². The van der Waals surface area contributed by atoms with E-state index in [0.717, 1.165) is 22.5 Å². The highest BCUT2D eigenvalue weighted by Crippen LogP contribution is 2.39. The number of benzene rings is 1. The molecule has 3 rings (SSSR count). The molecule has 10 heteroatoms. The van der Waals surface area contributed by atoms with Gasteiger partial charge in [-0.05, 0) is 42.2 Å². The smallest absolute Gasteiger partial charge is 0.250 e. The maximum Gasteiger partial charge on any atom is 0.250 e. The normalized spacial score (nSPS) is 16.7. The van der Waals surface area contributed by atoms with E-state index in [2.05, 4.69) is 10.0 Å². The van der Waals surface area contributed by atoms with Crippen LogP contribution in [0.5, 0.6) is 0 Å². The largest absolute Gasteiger partial charge is 0.348 e. The van der Waals surface area contributed by atoms with E-state index in [1.165, 1.54) is 12.1 Å². The number of rotatable bonds is 5. The number of carbonyl (C=O) groups excluding carboxylic acids is 1. The van der Waals surface area contributed by atoms with E-state index < -0.39 is 15.9 Å². The lowest BCUT2D eigenvalue weighted by atomic mass is 10.1. The molecule has 1 atom stereocenters. The van der Waals surface area contributed by atoms with Crippen molar-refractivity contribution in [1.29, 1.82) is 0 Å². The SMILES string of the molecule is O=C(CNS(=O)(=O)c1ccc(Cl)s1)NC1CCc2c1ccc(Cl)c2Cl. The lowest BCUT2D eigenvalue weighted by Crippen LogP contribution is -2.38. The van der Waals surface area contributed by atoms with Gasteiger partial charge in [-0.2, -0.15) is 0 Å². The molecule has 0 aliphatic heterocycles. The zero-order chi connectivity index (χ0) is 18.2. The second-order valence-electron chi connectivity index (χ2n) is 5.47. The molecule has 1 amide bonds. The predicted octanol–water partition coefficient (Wildman–Crippen LogP) is 3.79. The van der Waals surface area contributed by atoms with Crippen LogP contribution in [0.15, 0.2) is 28.5 Å². The third kappa shape index (κ3) is 4.13. The van der Waals surface area contributed by atoms with Gasteiger partial charge in [0.15, 0.2) is 0 Å². The summed E-state index contributed by atoms with van der Waals surface area (Å²) in [6.07, 6.45) is 1.40. The van der Waals surface area contributed by atoms with E-state index in [1.807, 2.05) is 6.07 Å². The molecule has 0 radical (unpaired) electrons. The van der Waals surface area contributed by atoms with Crippen molar-refractivity contribution in [2.45, 2.75) is 23.1 Å². The molecule has 2 aromatic rings. The highest BCUT2D eigenvalue weighted by molar-refractivity contribution is 7.91. The zero-order valence-corrected chi connectivity index (χ0v) is 16.6. The number of thiophene rings is 1. The van der Waals surface area contributed by atoms with Crippen molar-refractivity contribution >= 4 is 62.1 Å². The highest BCUT2D eigenvalue weighted by atomic mass is 35.5. The van der Waals surface area contributed by atoms with E-state index in [9.17, 15) is 13.2 Å². The molecule has 1 aliphatic carbocycles. The molecule has 0 saturated carbocycles. The number of amides is 1. The Kier molecular flexibility index (Phi) is 5.63. The highest BCUT2D eigenvalue weighted by Gasteiger charge is 2.27.